The minimum atomic E-state index is 0.634. The second-order valence-corrected chi connectivity index (χ2v) is 7.17. The summed E-state index contributed by atoms with van der Waals surface area (Å²) < 4.78 is 0. The predicted molar refractivity (Wildman–Crippen MR) is 77.8 cm³/mol. The Morgan fingerprint density at radius 1 is 1.35 bits per heavy atom. The van der Waals surface area contributed by atoms with Crippen LogP contribution < -0.4 is 5.32 Å². The van der Waals surface area contributed by atoms with Crippen LogP contribution in [0.3, 0.4) is 0 Å². The van der Waals surface area contributed by atoms with Crippen molar-refractivity contribution in [3.8, 4) is 0 Å². The van der Waals surface area contributed by atoms with Crippen molar-refractivity contribution in [2.75, 3.05) is 37.7 Å². The summed E-state index contributed by atoms with van der Waals surface area (Å²) in [4.78, 5) is 2.68. The van der Waals surface area contributed by atoms with E-state index in [0.29, 0.717) is 5.41 Å². The van der Waals surface area contributed by atoms with Crippen molar-refractivity contribution >= 4 is 11.8 Å². The van der Waals surface area contributed by atoms with Gasteiger partial charge in [-0.3, -0.25) is 0 Å². The molecule has 2 rings (SSSR count). The first kappa shape index (κ1) is 13.7. The van der Waals surface area contributed by atoms with Crippen molar-refractivity contribution in [2.24, 2.45) is 5.41 Å². The van der Waals surface area contributed by atoms with Gasteiger partial charge in [0.25, 0.3) is 0 Å². The highest BCUT2D eigenvalue weighted by atomic mass is 32.2. The summed E-state index contributed by atoms with van der Waals surface area (Å²) in [6.07, 6.45) is 5.49. The summed E-state index contributed by atoms with van der Waals surface area (Å²) in [6, 6.07) is 0.772. The van der Waals surface area contributed by atoms with Gasteiger partial charge in [-0.1, -0.05) is 20.3 Å². The normalized spacial score (nSPS) is 30.4. The number of piperidine rings is 1. The Labute approximate surface area is 111 Å². The maximum absolute atomic E-state index is 3.64. The molecule has 0 bridgehead atoms. The quantitative estimate of drug-likeness (QED) is 0.832. The number of rotatable bonds is 4. The molecule has 100 valence electrons. The Kier molecular flexibility index (Phi) is 5.19. The summed E-state index contributed by atoms with van der Waals surface area (Å²) in [6.45, 7) is 9.97. The Morgan fingerprint density at radius 2 is 2.12 bits per heavy atom. The molecular weight excluding hydrogens is 228 g/mol. The minimum absolute atomic E-state index is 0.634. The molecule has 2 nitrogen and oxygen atoms in total. The second kappa shape index (κ2) is 6.44. The van der Waals surface area contributed by atoms with Gasteiger partial charge in [0.15, 0.2) is 0 Å². The van der Waals surface area contributed by atoms with Crippen molar-refractivity contribution in [1.82, 2.24) is 10.2 Å². The van der Waals surface area contributed by atoms with Gasteiger partial charge in [-0.25, -0.2) is 0 Å². The van der Waals surface area contributed by atoms with E-state index < -0.39 is 0 Å². The van der Waals surface area contributed by atoms with Crippen LogP contribution in [0.4, 0.5) is 0 Å². The molecule has 17 heavy (non-hydrogen) atoms. The third-order valence-electron chi connectivity index (χ3n) is 4.71. The summed E-state index contributed by atoms with van der Waals surface area (Å²) in [5.74, 6) is 2.62. The Bertz CT molecular complexity index is 218. The fraction of sp³-hybridized carbons (Fsp3) is 1.00. The Balaban J connectivity index is 1.64. The highest BCUT2D eigenvalue weighted by molar-refractivity contribution is 7.99. The van der Waals surface area contributed by atoms with E-state index in [9.17, 15) is 0 Å². The van der Waals surface area contributed by atoms with Gasteiger partial charge >= 0.3 is 0 Å². The van der Waals surface area contributed by atoms with Crippen molar-refractivity contribution in [3.05, 3.63) is 0 Å². The van der Waals surface area contributed by atoms with Gasteiger partial charge in [-0.2, -0.15) is 11.8 Å². The molecular formula is C14H28N2S. The zero-order valence-electron chi connectivity index (χ0n) is 11.5. The van der Waals surface area contributed by atoms with Gasteiger partial charge in [0, 0.05) is 24.1 Å². The lowest BCUT2D eigenvalue weighted by Gasteiger charge is -2.39. The lowest BCUT2D eigenvalue weighted by molar-refractivity contribution is 0.112. The summed E-state index contributed by atoms with van der Waals surface area (Å²) in [5.41, 5.74) is 0.634. The fourth-order valence-electron chi connectivity index (χ4n) is 2.81. The number of nitrogens with one attached hydrogen (secondary N) is 1. The van der Waals surface area contributed by atoms with Crippen LogP contribution in [0.1, 0.15) is 39.5 Å². The van der Waals surface area contributed by atoms with Gasteiger partial charge in [-0.05, 0) is 44.3 Å². The molecule has 0 spiro atoms. The first-order valence-electron chi connectivity index (χ1n) is 7.25. The molecule has 2 heterocycles. The van der Waals surface area contributed by atoms with Gasteiger partial charge < -0.3 is 10.2 Å². The van der Waals surface area contributed by atoms with Gasteiger partial charge in [0.1, 0.15) is 0 Å². The summed E-state index contributed by atoms with van der Waals surface area (Å²) >= 11 is 2.11. The molecule has 2 aliphatic rings. The molecule has 1 unspecified atom stereocenters. The second-order valence-electron chi connectivity index (χ2n) is 6.02. The lowest BCUT2D eigenvalue weighted by Crippen LogP contribution is -2.43. The van der Waals surface area contributed by atoms with E-state index >= 15 is 0 Å². The minimum Gasteiger partial charge on any atom is -0.312 e. The Hall–Kier alpha value is 0.270. The van der Waals surface area contributed by atoms with Gasteiger partial charge in [-0.15, -0.1) is 0 Å². The standard InChI is InChI=1S/C14H28N2S/c1-3-14(2)5-9-16(10-6-14)8-4-13-12-17-11-7-15-13/h13,15H,3-12H2,1-2H3. The number of nitrogens with zero attached hydrogens (tertiary/aromatic N) is 1. The smallest absolute Gasteiger partial charge is 0.0170 e. The van der Waals surface area contributed by atoms with E-state index in [4.69, 9.17) is 0 Å². The molecule has 0 aromatic rings. The molecule has 1 atom stereocenters. The highest BCUT2D eigenvalue weighted by Crippen LogP contribution is 2.33. The molecule has 2 fully saturated rings. The maximum Gasteiger partial charge on any atom is 0.0170 e. The molecule has 0 aliphatic carbocycles. The number of hydrogen-bond donors (Lipinski definition) is 1. The van der Waals surface area contributed by atoms with Gasteiger partial charge in [0.2, 0.25) is 0 Å². The molecule has 0 radical (unpaired) electrons. The van der Waals surface area contributed by atoms with Crippen LogP contribution in [0.2, 0.25) is 0 Å². The Morgan fingerprint density at radius 3 is 2.71 bits per heavy atom. The maximum atomic E-state index is 3.64. The first-order chi connectivity index (χ1) is 8.22. The predicted octanol–water partition coefficient (Wildman–Crippen LogP) is 2.59. The topological polar surface area (TPSA) is 15.3 Å². The fourth-order valence-corrected chi connectivity index (χ4v) is 3.81. The van der Waals surface area contributed by atoms with E-state index in [2.05, 4.69) is 35.8 Å². The number of thioether (sulfide) groups is 1. The van der Waals surface area contributed by atoms with E-state index in [1.54, 1.807) is 0 Å². The van der Waals surface area contributed by atoms with Gasteiger partial charge in [0.05, 0.1) is 0 Å². The zero-order valence-corrected chi connectivity index (χ0v) is 12.3. The van der Waals surface area contributed by atoms with Crippen LogP contribution in [0.25, 0.3) is 0 Å². The summed E-state index contributed by atoms with van der Waals surface area (Å²) in [7, 11) is 0. The molecule has 0 aromatic heterocycles. The van der Waals surface area contributed by atoms with Crippen LogP contribution in [-0.2, 0) is 0 Å². The average Bonchev–Trinajstić information content (AvgIpc) is 2.39. The third-order valence-corrected chi connectivity index (χ3v) is 5.84. The molecule has 1 N–H and O–H groups in total. The first-order valence-corrected chi connectivity index (χ1v) is 8.41. The number of likely N-dealkylation sites (tertiary alicyclic amines) is 1. The van der Waals surface area contributed by atoms with Crippen LogP contribution in [0.5, 0.6) is 0 Å². The average molecular weight is 256 g/mol. The van der Waals surface area contributed by atoms with Crippen LogP contribution in [0.15, 0.2) is 0 Å². The lowest BCUT2D eigenvalue weighted by atomic mass is 9.78. The van der Waals surface area contributed by atoms with Crippen LogP contribution in [-0.4, -0.2) is 48.6 Å². The van der Waals surface area contributed by atoms with E-state index in [1.807, 2.05) is 0 Å². The van der Waals surface area contributed by atoms with Crippen molar-refractivity contribution in [3.63, 3.8) is 0 Å². The third kappa shape index (κ3) is 4.15. The highest BCUT2D eigenvalue weighted by Gasteiger charge is 2.28. The summed E-state index contributed by atoms with van der Waals surface area (Å²) in [5, 5.41) is 3.64. The van der Waals surface area contributed by atoms with Crippen molar-refractivity contribution in [2.45, 2.75) is 45.6 Å². The number of hydrogen-bond acceptors (Lipinski definition) is 3. The molecule has 0 saturated carbocycles. The molecule has 0 aromatic carbocycles. The van der Waals surface area contributed by atoms with E-state index in [-0.39, 0.29) is 0 Å². The van der Waals surface area contributed by atoms with E-state index in [1.165, 1.54) is 63.4 Å². The largest absolute Gasteiger partial charge is 0.312 e. The molecule has 2 saturated heterocycles. The monoisotopic (exact) mass is 256 g/mol. The SMILES string of the molecule is CCC1(C)CCN(CCC2CSCCN2)CC1. The van der Waals surface area contributed by atoms with Crippen molar-refractivity contribution in [1.29, 1.82) is 0 Å². The molecule has 2 aliphatic heterocycles. The molecule has 0 amide bonds. The van der Waals surface area contributed by atoms with E-state index in [0.717, 1.165) is 6.04 Å². The van der Waals surface area contributed by atoms with Crippen LogP contribution >= 0.6 is 11.8 Å². The molecule has 3 heteroatoms. The van der Waals surface area contributed by atoms with Crippen molar-refractivity contribution < 1.29 is 0 Å². The zero-order chi connectivity index (χ0) is 12.1. The van der Waals surface area contributed by atoms with Crippen LogP contribution in [0, 0.1) is 5.41 Å².